The highest BCUT2D eigenvalue weighted by Crippen LogP contribution is 2.12. The third-order valence-corrected chi connectivity index (χ3v) is 4.36. The molecule has 0 heterocycles. The van der Waals surface area contributed by atoms with Gasteiger partial charge in [0.2, 0.25) is 0 Å². The van der Waals surface area contributed by atoms with Gasteiger partial charge in [-0.2, -0.15) is 8.42 Å². The second-order valence-corrected chi connectivity index (χ2v) is 7.72. The second-order valence-electron chi connectivity index (χ2n) is 6.08. The summed E-state index contributed by atoms with van der Waals surface area (Å²) in [6.07, 6.45) is 18.5. The molecule has 0 radical (unpaired) electrons. The molecule has 0 aliphatic heterocycles. The summed E-state index contributed by atoms with van der Waals surface area (Å²) in [7, 11) is -3.26. The van der Waals surface area contributed by atoms with E-state index in [0.29, 0.717) is 6.61 Å². The standard InChI is InChI=1S/C17H34O4S/c1-22(19,20)21-17-15-13-11-9-7-5-3-2-4-6-8-10-12-14-16-18/h16H,2-15,17H2,1H3. The predicted molar refractivity (Wildman–Crippen MR) is 91.5 cm³/mol. The molecule has 132 valence electrons. The Hall–Kier alpha value is -0.420. The van der Waals surface area contributed by atoms with Crippen molar-refractivity contribution in [2.75, 3.05) is 12.9 Å². The van der Waals surface area contributed by atoms with Crippen molar-refractivity contribution in [1.82, 2.24) is 0 Å². The number of hydrogen-bond donors (Lipinski definition) is 0. The largest absolute Gasteiger partial charge is 0.303 e. The number of carbonyl (C=O) groups is 1. The Bertz CT molecular complexity index is 339. The van der Waals surface area contributed by atoms with Crippen LogP contribution in [0, 0.1) is 0 Å². The average molecular weight is 335 g/mol. The van der Waals surface area contributed by atoms with Crippen molar-refractivity contribution in [3.05, 3.63) is 0 Å². The van der Waals surface area contributed by atoms with Crippen LogP contribution in [0.5, 0.6) is 0 Å². The van der Waals surface area contributed by atoms with Gasteiger partial charge in [-0.3, -0.25) is 4.18 Å². The Morgan fingerprint density at radius 3 is 1.41 bits per heavy atom. The molecule has 0 saturated heterocycles. The van der Waals surface area contributed by atoms with Crippen LogP contribution < -0.4 is 0 Å². The summed E-state index contributed by atoms with van der Waals surface area (Å²) in [5.74, 6) is 0. The first-order valence-corrected chi connectivity index (χ1v) is 10.7. The molecule has 0 atom stereocenters. The summed E-state index contributed by atoms with van der Waals surface area (Å²) in [6.45, 7) is 0.325. The number of aldehydes is 1. The van der Waals surface area contributed by atoms with E-state index in [2.05, 4.69) is 0 Å². The molecule has 0 aliphatic carbocycles. The SMILES string of the molecule is CS(=O)(=O)OCCCCCCCCCCCCCCCC=O. The normalized spacial score (nSPS) is 11.7. The van der Waals surface area contributed by atoms with Crippen molar-refractivity contribution in [1.29, 1.82) is 0 Å². The molecule has 0 unspecified atom stereocenters. The van der Waals surface area contributed by atoms with Gasteiger partial charge in [-0.15, -0.1) is 0 Å². The number of hydrogen-bond acceptors (Lipinski definition) is 4. The zero-order valence-electron chi connectivity index (χ0n) is 14.2. The van der Waals surface area contributed by atoms with E-state index in [1.807, 2.05) is 0 Å². The molecule has 0 aliphatic rings. The van der Waals surface area contributed by atoms with E-state index in [0.717, 1.165) is 38.2 Å². The maximum absolute atomic E-state index is 10.7. The summed E-state index contributed by atoms with van der Waals surface area (Å²) in [5.41, 5.74) is 0. The van der Waals surface area contributed by atoms with Gasteiger partial charge in [0.25, 0.3) is 10.1 Å². The average Bonchev–Trinajstić information content (AvgIpc) is 2.45. The highest BCUT2D eigenvalue weighted by atomic mass is 32.2. The number of carbonyl (C=O) groups excluding carboxylic acids is 1. The van der Waals surface area contributed by atoms with E-state index < -0.39 is 10.1 Å². The minimum absolute atomic E-state index is 0.325. The highest BCUT2D eigenvalue weighted by Gasteiger charge is 2.00. The quantitative estimate of drug-likeness (QED) is 0.221. The third-order valence-electron chi connectivity index (χ3n) is 3.76. The van der Waals surface area contributed by atoms with E-state index >= 15 is 0 Å². The van der Waals surface area contributed by atoms with Crippen molar-refractivity contribution in [3.8, 4) is 0 Å². The molecule has 22 heavy (non-hydrogen) atoms. The van der Waals surface area contributed by atoms with Gasteiger partial charge in [0.1, 0.15) is 6.29 Å². The van der Waals surface area contributed by atoms with E-state index in [1.165, 1.54) is 64.2 Å². The highest BCUT2D eigenvalue weighted by molar-refractivity contribution is 7.85. The molecule has 0 aromatic heterocycles. The molecule has 0 bridgehead atoms. The van der Waals surface area contributed by atoms with Crippen LogP contribution in [0.4, 0.5) is 0 Å². The summed E-state index contributed by atoms with van der Waals surface area (Å²) in [6, 6.07) is 0. The number of rotatable bonds is 17. The van der Waals surface area contributed by atoms with Crippen LogP contribution in [-0.2, 0) is 19.1 Å². The fraction of sp³-hybridized carbons (Fsp3) is 0.941. The van der Waals surface area contributed by atoms with Crippen LogP contribution in [0.3, 0.4) is 0 Å². The molecule has 4 nitrogen and oxygen atoms in total. The zero-order valence-corrected chi connectivity index (χ0v) is 15.0. The minimum atomic E-state index is -3.26. The van der Waals surface area contributed by atoms with Gasteiger partial charge < -0.3 is 4.79 Å². The van der Waals surface area contributed by atoms with E-state index in [-0.39, 0.29) is 0 Å². The lowest BCUT2D eigenvalue weighted by atomic mass is 10.0. The van der Waals surface area contributed by atoms with Gasteiger partial charge in [0.05, 0.1) is 12.9 Å². The summed E-state index contributed by atoms with van der Waals surface area (Å²) < 4.78 is 26.2. The molecule has 0 rings (SSSR count). The van der Waals surface area contributed by atoms with Gasteiger partial charge >= 0.3 is 0 Å². The van der Waals surface area contributed by atoms with Crippen molar-refractivity contribution in [2.24, 2.45) is 0 Å². The molecule has 0 spiro atoms. The monoisotopic (exact) mass is 334 g/mol. The molecule has 0 aromatic rings. The smallest absolute Gasteiger partial charge is 0.264 e. The first-order chi connectivity index (χ1) is 10.6. The molecule has 0 saturated carbocycles. The van der Waals surface area contributed by atoms with Crippen molar-refractivity contribution in [3.63, 3.8) is 0 Å². The first kappa shape index (κ1) is 21.6. The van der Waals surface area contributed by atoms with Gasteiger partial charge in [0, 0.05) is 6.42 Å². The van der Waals surface area contributed by atoms with Gasteiger partial charge in [-0.05, 0) is 12.8 Å². The Labute approximate surface area is 137 Å². The first-order valence-electron chi connectivity index (χ1n) is 8.84. The van der Waals surface area contributed by atoms with Crippen LogP contribution >= 0.6 is 0 Å². The maximum Gasteiger partial charge on any atom is 0.264 e. The number of unbranched alkanes of at least 4 members (excludes halogenated alkanes) is 13. The summed E-state index contributed by atoms with van der Waals surface area (Å²) in [4.78, 5) is 10.1. The van der Waals surface area contributed by atoms with Crippen LogP contribution in [0.25, 0.3) is 0 Å². The summed E-state index contributed by atoms with van der Waals surface area (Å²) in [5, 5.41) is 0. The Morgan fingerprint density at radius 1 is 0.682 bits per heavy atom. The lowest BCUT2D eigenvalue weighted by Crippen LogP contribution is -2.03. The molecular weight excluding hydrogens is 300 g/mol. The Morgan fingerprint density at radius 2 is 1.05 bits per heavy atom. The Balaban J connectivity index is 3.04. The van der Waals surface area contributed by atoms with Crippen LogP contribution in [0.1, 0.15) is 89.9 Å². The van der Waals surface area contributed by atoms with Crippen molar-refractivity contribution >= 4 is 16.4 Å². The van der Waals surface area contributed by atoms with Crippen LogP contribution in [-0.4, -0.2) is 27.6 Å². The fourth-order valence-electron chi connectivity index (χ4n) is 2.48. The molecular formula is C17H34O4S. The Kier molecular flexibility index (Phi) is 15.2. The molecule has 0 fully saturated rings. The van der Waals surface area contributed by atoms with Crippen LogP contribution in [0.2, 0.25) is 0 Å². The predicted octanol–water partition coefficient (Wildman–Crippen LogP) is 4.62. The van der Waals surface area contributed by atoms with Gasteiger partial charge in [-0.1, -0.05) is 70.6 Å². The van der Waals surface area contributed by atoms with Gasteiger partial charge in [-0.25, -0.2) is 0 Å². The third kappa shape index (κ3) is 19.6. The zero-order chi connectivity index (χ0) is 16.5. The lowest BCUT2D eigenvalue weighted by Gasteiger charge is -2.03. The topological polar surface area (TPSA) is 60.4 Å². The molecule has 0 N–H and O–H groups in total. The van der Waals surface area contributed by atoms with Crippen molar-refractivity contribution < 1.29 is 17.4 Å². The van der Waals surface area contributed by atoms with E-state index in [9.17, 15) is 13.2 Å². The molecule has 0 amide bonds. The summed E-state index contributed by atoms with van der Waals surface area (Å²) >= 11 is 0. The van der Waals surface area contributed by atoms with Crippen LogP contribution in [0.15, 0.2) is 0 Å². The maximum atomic E-state index is 10.7. The van der Waals surface area contributed by atoms with E-state index in [4.69, 9.17) is 4.18 Å². The van der Waals surface area contributed by atoms with E-state index in [1.54, 1.807) is 0 Å². The second kappa shape index (κ2) is 15.5. The molecule has 0 aromatic carbocycles. The molecule has 5 heteroatoms. The van der Waals surface area contributed by atoms with Gasteiger partial charge in [0.15, 0.2) is 0 Å². The minimum Gasteiger partial charge on any atom is -0.303 e. The van der Waals surface area contributed by atoms with Crippen molar-refractivity contribution in [2.45, 2.75) is 89.9 Å². The lowest BCUT2D eigenvalue weighted by molar-refractivity contribution is -0.107. The fourth-order valence-corrected chi connectivity index (χ4v) is 2.91.